The van der Waals surface area contributed by atoms with Crippen LogP contribution in [0.2, 0.25) is 0 Å². The van der Waals surface area contributed by atoms with Crippen LogP contribution >= 0.6 is 0 Å². The zero-order chi connectivity index (χ0) is 13.7. The Bertz CT molecular complexity index is 387. The lowest BCUT2D eigenvalue weighted by molar-refractivity contribution is -0.133. The Morgan fingerprint density at radius 3 is 2.84 bits per heavy atom. The first kappa shape index (κ1) is 14.1. The zero-order valence-corrected chi connectivity index (χ0v) is 11.4. The van der Waals surface area contributed by atoms with E-state index in [4.69, 9.17) is 9.52 Å². The van der Waals surface area contributed by atoms with Crippen LogP contribution in [-0.2, 0) is 11.3 Å². The highest BCUT2D eigenvalue weighted by Crippen LogP contribution is 2.24. The standard InChI is InChI=1S/C14H22N2O3/c1-15(10-13-6-3-9-19-13)14(18)11-16(7-8-17)12-4-2-5-12/h3,6,9,12,17H,2,4-5,7-8,10-11H2,1H3. The molecule has 1 heterocycles. The molecule has 1 amide bonds. The van der Waals surface area contributed by atoms with Crippen LogP contribution in [0, 0.1) is 0 Å². The fraction of sp³-hybridized carbons (Fsp3) is 0.643. The van der Waals surface area contributed by atoms with E-state index in [2.05, 4.69) is 4.90 Å². The lowest BCUT2D eigenvalue weighted by Crippen LogP contribution is -2.47. The number of rotatable bonds is 7. The Balaban J connectivity index is 1.83. The first-order chi connectivity index (χ1) is 9.20. The second-order valence-electron chi connectivity index (χ2n) is 5.11. The van der Waals surface area contributed by atoms with Gasteiger partial charge in [0.1, 0.15) is 5.76 Å². The van der Waals surface area contributed by atoms with Crippen molar-refractivity contribution in [2.24, 2.45) is 0 Å². The van der Waals surface area contributed by atoms with Crippen LogP contribution in [0.1, 0.15) is 25.0 Å². The van der Waals surface area contributed by atoms with Gasteiger partial charge >= 0.3 is 0 Å². The average Bonchev–Trinajstić information content (AvgIpc) is 2.79. The summed E-state index contributed by atoms with van der Waals surface area (Å²) in [6, 6.07) is 4.15. The van der Waals surface area contributed by atoms with Crippen LogP contribution in [0.5, 0.6) is 0 Å². The van der Waals surface area contributed by atoms with Crippen molar-refractivity contribution in [1.29, 1.82) is 0 Å². The Morgan fingerprint density at radius 1 is 1.53 bits per heavy atom. The van der Waals surface area contributed by atoms with Crippen LogP contribution in [0.4, 0.5) is 0 Å². The summed E-state index contributed by atoms with van der Waals surface area (Å²) in [5.41, 5.74) is 0. The number of aliphatic hydroxyl groups is 1. The van der Waals surface area contributed by atoms with Gasteiger partial charge in [0.25, 0.3) is 0 Å². The first-order valence-corrected chi connectivity index (χ1v) is 6.82. The highest BCUT2D eigenvalue weighted by Gasteiger charge is 2.26. The first-order valence-electron chi connectivity index (χ1n) is 6.82. The molecule has 5 heteroatoms. The molecule has 2 rings (SSSR count). The van der Waals surface area contributed by atoms with Crippen molar-refractivity contribution in [3.8, 4) is 0 Å². The minimum absolute atomic E-state index is 0.0664. The summed E-state index contributed by atoms with van der Waals surface area (Å²) in [6.07, 6.45) is 5.10. The molecule has 1 fully saturated rings. The van der Waals surface area contributed by atoms with Crippen molar-refractivity contribution < 1.29 is 14.3 Å². The topological polar surface area (TPSA) is 56.9 Å². The molecule has 1 aromatic heterocycles. The fourth-order valence-corrected chi connectivity index (χ4v) is 2.29. The van der Waals surface area contributed by atoms with Gasteiger partial charge in [0.15, 0.2) is 0 Å². The lowest BCUT2D eigenvalue weighted by atomic mass is 9.91. The highest BCUT2D eigenvalue weighted by molar-refractivity contribution is 5.78. The molecule has 0 aliphatic heterocycles. The minimum Gasteiger partial charge on any atom is -0.467 e. The van der Waals surface area contributed by atoms with Crippen LogP contribution < -0.4 is 0 Å². The van der Waals surface area contributed by atoms with E-state index in [9.17, 15) is 4.79 Å². The molecule has 0 bridgehead atoms. The van der Waals surface area contributed by atoms with E-state index in [-0.39, 0.29) is 12.5 Å². The number of furan rings is 1. The largest absolute Gasteiger partial charge is 0.467 e. The van der Waals surface area contributed by atoms with Gasteiger partial charge in [-0.05, 0) is 25.0 Å². The number of carbonyl (C=O) groups excluding carboxylic acids is 1. The smallest absolute Gasteiger partial charge is 0.236 e. The second kappa shape index (κ2) is 6.73. The molecule has 0 radical (unpaired) electrons. The molecule has 0 saturated heterocycles. The van der Waals surface area contributed by atoms with E-state index in [0.29, 0.717) is 25.7 Å². The van der Waals surface area contributed by atoms with E-state index in [1.807, 2.05) is 12.1 Å². The molecule has 0 unspecified atom stereocenters. The number of hydrogen-bond acceptors (Lipinski definition) is 4. The Hall–Kier alpha value is -1.33. The molecular formula is C14H22N2O3. The number of aliphatic hydroxyl groups excluding tert-OH is 1. The third-order valence-electron chi connectivity index (χ3n) is 3.72. The van der Waals surface area contributed by atoms with Crippen molar-refractivity contribution in [3.05, 3.63) is 24.2 Å². The third-order valence-corrected chi connectivity index (χ3v) is 3.72. The molecule has 5 nitrogen and oxygen atoms in total. The van der Waals surface area contributed by atoms with Crippen molar-refractivity contribution in [2.75, 3.05) is 26.7 Å². The van der Waals surface area contributed by atoms with Gasteiger partial charge in [-0.3, -0.25) is 9.69 Å². The van der Waals surface area contributed by atoms with Crippen molar-refractivity contribution in [2.45, 2.75) is 31.8 Å². The summed E-state index contributed by atoms with van der Waals surface area (Å²) in [7, 11) is 1.78. The minimum atomic E-state index is 0.0664. The summed E-state index contributed by atoms with van der Waals surface area (Å²) >= 11 is 0. The molecule has 19 heavy (non-hydrogen) atoms. The van der Waals surface area contributed by atoms with Gasteiger partial charge in [-0.1, -0.05) is 6.42 Å². The van der Waals surface area contributed by atoms with E-state index >= 15 is 0 Å². The Morgan fingerprint density at radius 2 is 2.32 bits per heavy atom. The van der Waals surface area contributed by atoms with Gasteiger partial charge in [0.05, 0.1) is 26.0 Å². The predicted molar refractivity (Wildman–Crippen MR) is 71.5 cm³/mol. The van der Waals surface area contributed by atoms with Gasteiger partial charge in [-0.15, -0.1) is 0 Å². The normalized spacial score (nSPS) is 15.5. The average molecular weight is 266 g/mol. The van der Waals surface area contributed by atoms with Crippen LogP contribution in [0.3, 0.4) is 0 Å². The van der Waals surface area contributed by atoms with E-state index in [1.165, 1.54) is 6.42 Å². The molecule has 0 atom stereocenters. The number of hydrogen-bond donors (Lipinski definition) is 1. The molecule has 1 aliphatic rings. The monoisotopic (exact) mass is 266 g/mol. The maximum absolute atomic E-state index is 12.2. The van der Waals surface area contributed by atoms with Gasteiger partial charge in [0.2, 0.25) is 5.91 Å². The number of carbonyl (C=O) groups is 1. The van der Waals surface area contributed by atoms with Gasteiger partial charge < -0.3 is 14.4 Å². The van der Waals surface area contributed by atoms with Crippen LogP contribution in [0.15, 0.2) is 22.8 Å². The van der Waals surface area contributed by atoms with E-state index in [1.54, 1.807) is 18.2 Å². The third kappa shape index (κ3) is 3.81. The van der Waals surface area contributed by atoms with Gasteiger partial charge in [-0.25, -0.2) is 0 Å². The molecular weight excluding hydrogens is 244 g/mol. The molecule has 1 aromatic rings. The summed E-state index contributed by atoms with van der Waals surface area (Å²) in [5, 5.41) is 9.08. The number of likely N-dealkylation sites (N-methyl/N-ethyl adjacent to an activating group) is 1. The van der Waals surface area contributed by atoms with E-state index in [0.717, 1.165) is 18.6 Å². The second-order valence-corrected chi connectivity index (χ2v) is 5.11. The molecule has 1 N–H and O–H groups in total. The molecule has 0 spiro atoms. The fourth-order valence-electron chi connectivity index (χ4n) is 2.29. The quantitative estimate of drug-likeness (QED) is 0.802. The molecule has 0 aromatic carbocycles. The van der Waals surface area contributed by atoms with Crippen LogP contribution in [0.25, 0.3) is 0 Å². The maximum Gasteiger partial charge on any atom is 0.236 e. The maximum atomic E-state index is 12.2. The summed E-state index contributed by atoms with van der Waals surface area (Å²) in [5.74, 6) is 0.852. The summed E-state index contributed by atoms with van der Waals surface area (Å²) < 4.78 is 5.24. The predicted octanol–water partition coefficient (Wildman–Crippen LogP) is 1.08. The molecule has 1 aliphatic carbocycles. The number of amides is 1. The van der Waals surface area contributed by atoms with Gasteiger partial charge in [0, 0.05) is 19.6 Å². The van der Waals surface area contributed by atoms with Gasteiger partial charge in [-0.2, -0.15) is 0 Å². The van der Waals surface area contributed by atoms with Crippen molar-refractivity contribution in [3.63, 3.8) is 0 Å². The van der Waals surface area contributed by atoms with Crippen LogP contribution in [-0.4, -0.2) is 53.6 Å². The summed E-state index contributed by atoms with van der Waals surface area (Å²) in [4.78, 5) is 15.9. The molecule has 106 valence electrons. The highest BCUT2D eigenvalue weighted by atomic mass is 16.3. The Labute approximate surface area is 113 Å². The lowest BCUT2D eigenvalue weighted by Gasteiger charge is -2.37. The summed E-state index contributed by atoms with van der Waals surface area (Å²) in [6.45, 7) is 1.54. The zero-order valence-electron chi connectivity index (χ0n) is 11.4. The number of nitrogens with zero attached hydrogens (tertiary/aromatic N) is 2. The molecule has 1 saturated carbocycles. The van der Waals surface area contributed by atoms with E-state index < -0.39 is 0 Å². The SMILES string of the molecule is CN(Cc1ccco1)C(=O)CN(CCO)C1CCC1. The van der Waals surface area contributed by atoms with Crippen molar-refractivity contribution in [1.82, 2.24) is 9.80 Å². The Kier molecular flexibility index (Phi) is 4.99. The van der Waals surface area contributed by atoms with Crippen molar-refractivity contribution >= 4 is 5.91 Å².